The average molecular weight is 492 g/mol. The number of methoxy groups -OCH3 is 2. The summed E-state index contributed by atoms with van der Waals surface area (Å²) in [5.74, 6) is -2.13. The van der Waals surface area contributed by atoms with Crippen LogP contribution in [0.4, 0.5) is 4.39 Å². The van der Waals surface area contributed by atoms with Crippen LogP contribution in [0.2, 0.25) is 0 Å². The number of ether oxygens (including phenoxy) is 3. The lowest BCUT2D eigenvalue weighted by atomic mass is 9.94. The Bertz CT molecular complexity index is 1290. The molecule has 3 aromatic rings. The number of benzene rings is 3. The van der Waals surface area contributed by atoms with Gasteiger partial charge < -0.3 is 24.2 Å². The lowest BCUT2D eigenvalue weighted by Crippen LogP contribution is -2.32. The first-order chi connectivity index (χ1) is 17.4. The van der Waals surface area contributed by atoms with E-state index >= 15 is 0 Å². The molecule has 36 heavy (non-hydrogen) atoms. The van der Waals surface area contributed by atoms with Crippen molar-refractivity contribution < 1.29 is 33.3 Å². The first-order valence-corrected chi connectivity index (χ1v) is 11.3. The molecule has 0 aromatic heterocycles. The minimum absolute atomic E-state index is 0.0243. The number of halogens is 1. The fourth-order valence-electron chi connectivity index (χ4n) is 4.17. The summed E-state index contributed by atoms with van der Waals surface area (Å²) in [6, 6.07) is 19.2. The number of amides is 1. The molecule has 3 aromatic carbocycles. The van der Waals surface area contributed by atoms with Crippen molar-refractivity contribution in [1.29, 1.82) is 0 Å². The minimum Gasteiger partial charge on any atom is -0.507 e. The van der Waals surface area contributed by atoms with Crippen LogP contribution in [0.25, 0.3) is 5.76 Å². The van der Waals surface area contributed by atoms with Crippen LogP contribution >= 0.6 is 0 Å². The van der Waals surface area contributed by atoms with Gasteiger partial charge in [-0.05, 0) is 41.5 Å². The average Bonchev–Trinajstić information content (AvgIpc) is 3.16. The summed E-state index contributed by atoms with van der Waals surface area (Å²) in [6.07, 6.45) is 0. The molecule has 1 saturated heterocycles. The zero-order chi connectivity index (χ0) is 25.7. The van der Waals surface area contributed by atoms with Crippen LogP contribution in [0.5, 0.6) is 11.5 Å². The number of rotatable bonds is 9. The molecule has 0 spiro atoms. The van der Waals surface area contributed by atoms with Crippen molar-refractivity contribution in [3.05, 3.63) is 101 Å². The Labute approximate surface area is 208 Å². The lowest BCUT2D eigenvalue weighted by molar-refractivity contribution is -0.140. The van der Waals surface area contributed by atoms with Gasteiger partial charge in [-0.15, -0.1) is 0 Å². The van der Waals surface area contributed by atoms with E-state index in [0.29, 0.717) is 17.9 Å². The van der Waals surface area contributed by atoms with E-state index in [4.69, 9.17) is 14.2 Å². The first-order valence-electron chi connectivity index (χ1n) is 11.3. The summed E-state index contributed by atoms with van der Waals surface area (Å²) in [5, 5.41) is 11.2. The van der Waals surface area contributed by atoms with E-state index in [1.165, 1.54) is 31.3 Å². The van der Waals surface area contributed by atoms with Crippen molar-refractivity contribution in [2.75, 3.05) is 27.4 Å². The molecule has 1 aliphatic heterocycles. The predicted molar refractivity (Wildman–Crippen MR) is 131 cm³/mol. The molecule has 186 valence electrons. The van der Waals surface area contributed by atoms with E-state index in [-0.39, 0.29) is 30.0 Å². The second-order valence-corrected chi connectivity index (χ2v) is 8.18. The fraction of sp³-hybridized carbons (Fsp3) is 0.214. The minimum atomic E-state index is -0.937. The lowest BCUT2D eigenvalue weighted by Gasteiger charge is -2.25. The topological polar surface area (TPSA) is 85.3 Å². The number of aliphatic hydroxyl groups excluding tert-OH is 1. The standard InChI is InChI=1S/C28H26FNO6/c1-34-14-13-30-25(19-9-6-10-21(15-19)36-17-18-7-4-3-5-8-18)24(27(32)28(30)33)26(31)22-16-20(29)11-12-23(22)35-2/h3-12,15-16,25,31H,13-14,17H2,1-2H3/b26-24+. The molecule has 1 amide bonds. The molecule has 0 radical (unpaired) electrons. The fourth-order valence-corrected chi connectivity index (χ4v) is 4.17. The van der Waals surface area contributed by atoms with Crippen molar-refractivity contribution in [3.8, 4) is 11.5 Å². The summed E-state index contributed by atoms with van der Waals surface area (Å²) in [6.45, 7) is 0.615. The quantitative estimate of drug-likeness (QED) is 0.270. The number of carbonyl (C=O) groups is 2. The van der Waals surface area contributed by atoms with E-state index in [1.54, 1.807) is 24.3 Å². The Morgan fingerprint density at radius 2 is 1.78 bits per heavy atom. The molecule has 8 heteroatoms. The Morgan fingerprint density at radius 3 is 2.50 bits per heavy atom. The zero-order valence-corrected chi connectivity index (χ0v) is 19.9. The number of hydrogen-bond donors (Lipinski definition) is 1. The highest BCUT2D eigenvalue weighted by Crippen LogP contribution is 2.41. The van der Waals surface area contributed by atoms with Gasteiger partial charge in [0.1, 0.15) is 29.7 Å². The second-order valence-electron chi connectivity index (χ2n) is 8.18. The Kier molecular flexibility index (Phi) is 7.65. The number of aliphatic hydroxyl groups is 1. The van der Waals surface area contributed by atoms with Gasteiger partial charge in [0.25, 0.3) is 11.7 Å². The maximum absolute atomic E-state index is 14.1. The Hall–Kier alpha value is -4.17. The molecule has 1 fully saturated rings. The molecule has 4 rings (SSSR count). The van der Waals surface area contributed by atoms with Gasteiger partial charge in [-0.25, -0.2) is 4.39 Å². The largest absolute Gasteiger partial charge is 0.507 e. The van der Waals surface area contributed by atoms with Crippen molar-refractivity contribution in [2.45, 2.75) is 12.6 Å². The third kappa shape index (κ3) is 5.08. The van der Waals surface area contributed by atoms with Gasteiger partial charge >= 0.3 is 0 Å². The van der Waals surface area contributed by atoms with Gasteiger partial charge in [-0.3, -0.25) is 9.59 Å². The maximum atomic E-state index is 14.1. The smallest absolute Gasteiger partial charge is 0.295 e. The SMILES string of the molecule is COCCN1C(=O)C(=O)/C(=C(/O)c2cc(F)ccc2OC)C1c1cccc(OCc2ccccc2)c1. The molecular weight excluding hydrogens is 465 g/mol. The molecule has 1 aliphatic rings. The summed E-state index contributed by atoms with van der Waals surface area (Å²) in [7, 11) is 2.85. The van der Waals surface area contributed by atoms with Gasteiger partial charge in [0.2, 0.25) is 0 Å². The molecule has 1 atom stereocenters. The zero-order valence-electron chi connectivity index (χ0n) is 19.9. The molecule has 1 heterocycles. The highest BCUT2D eigenvalue weighted by atomic mass is 19.1. The van der Waals surface area contributed by atoms with Gasteiger partial charge in [0.15, 0.2) is 0 Å². The van der Waals surface area contributed by atoms with E-state index in [0.717, 1.165) is 11.6 Å². The normalized spacial score (nSPS) is 16.9. The molecular formula is C28H26FNO6. The number of ketones is 1. The first kappa shape index (κ1) is 24.9. The number of Topliss-reactive ketones (excluding diaryl/α,β-unsaturated/α-hetero) is 1. The highest BCUT2D eigenvalue weighted by molar-refractivity contribution is 6.46. The molecule has 1 unspecified atom stereocenters. The van der Waals surface area contributed by atoms with Crippen LogP contribution in [0, 0.1) is 5.82 Å². The van der Waals surface area contributed by atoms with Crippen molar-refractivity contribution in [3.63, 3.8) is 0 Å². The highest BCUT2D eigenvalue weighted by Gasteiger charge is 2.46. The van der Waals surface area contributed by atoms with Crippen molar-refractivity contribution >= 4 is 17.4 Å². The molecule has 0 saturated carbocycles. The third-order valence-electron chi connectivity index (χ3n) is 5.92. The van der Waals surface area contributed by atoms with E-state index in [9.17, 15) is 19.1 Å². The maximum Gasteiger partial charge on any atom is 0.295 e. The van der Waals surface area contributed by atoms with Crippen LogP contribution in [0.1, 0.15) is 22.7 Å². The van der Waals surface area contributed by atoms with Crippen LogP contribution in [0.15, 0.2) is 78.4 Å². The molecule has 1 N–H and O–H groups in total. The van der Waals surface area contributed by atoms with Gasteiger partial charge in [0.05, 0.1) is 30.9 Å². The Morgan fingerprint density at radius 1 is 1.00 bits per heavy atom. The van der Waals surface area contributed by atoms with Crippen LogP contribution in [-0.2, 0) is 20.9 Å². The summed E-state index contributed by atoms with van der Waals surface area (Å²) in [5.41, 5.74) is 1.34. The molecule has 0 bridgehead atoms. The van der Waals surface area contributed by atoms with E-state index in [2.05, 4.69) is 0 Å². The second kappa shape index (κ2) is 11.0. The number of carbonyl (C=O) groups excluding carboxylic acids is 2. The van der Waals surface area contributed by atoms with Gasteiger partial charge in [0, 0.05) is 13.7 Å². The molecule has 0 aliphatic carbocycles. The van der Waals surface area contributed by atoms with Crippen molar-refractivity contribution in [2.24, 2.45) is 0 Å². The predicted octanol–water partition coefficient (Wildman–Crippen LogP) is 4.48. The van der Waals surface area contributed by atoms with Gasteiger partial charge in [-0.1, -0.05) is 42.5 Å². The number of likely N-dealkylation sites (tertiary alicyclic amines) is 1. The molecule has 7 nitrogen and oxygen atoms in total. The monoisotopic (exact) mass is 491 g/mol. The summed E-state index contributed by atoms with van der Waals surface area (Å²) in [4.78, 5) is 27.5. The summed E-state index contributed by atoms with van der Waals surface area (Å²) >= 11 is 0. The van der Waals surface area contributed by atoms with Crippen molar-refractivity contribution in [1.82, 2.24) is 4.90 Å². The van der Waals surface area contributed by atoms with Gasteiger partial charge in [-0.2, -0.15) is 0 Å². The van der Waals surface area contributed by atoms with E-state index in [1.807, 2.05) is 30.3 Å². The number of hydrogen-bond acceptors (Lipinski definition) is 6. The van der Waals surface area contributed by atoms with Crippen LogP contribution in [-0.4, -0.2) is 49.1 Å². The Balaban J connectivity index is 1.78. The summed E-state index contributed by atoms with van der Waals surface area (Å²) < 4.78 is 30.4. The third-order valence-corrected chi connectivity index (χ3v) is 5.92. The van der Waals surface area contributed by atoms with Crippen LogP contribution in [0.3, 0.4) is 0 Å². The van der Waals surface area contributed by atoms with E-state index < -0.39 is 29.3 Å². The van der Waals surface area contributed by atoms with Crippen LogP contribution < -0.4 is 9.47 Å². The number of nitrogens with zero attached hydrogens (tertiary/aromatic N) is 1.